The van der Waals surface area contributed by atoms with Gasteiger partial charge in [-0.05, 0) is 55.7 Å². The molecular weight excluding hydrogens is 254 g/mol. The van der Waals surface area contributed by atoms with Gasteiger partial charge in [0, 0.05) is 5.69 Å². The Morgan fingerprint density at radius 3 is 2.55 bits per heavy atom. The quantitative estimate of drug-likeness (QED) is 0.889. The van der Waals surface area contributed by atoms with Crippen LogP contribution in [0.15, 0.2) is 24.3 Å². The third kappa shape index (κ3) is 2.19. The van der Waals surface area contributed by atoms with Gasteiger partial charge in [0.15, 0.2) is 0 Å². The van der Waals surface area contributed by atoms with Crippen molar-refractivity contribution < 1.29 is 14.7 Å². The van der Waals surface area contributed by atoms with Crippen LogP contribution < -0.4 is 5.32 Å². The molecule has 0 aliphatic heterocycles. The average molecular weight is 273 g/mol. The molecule has 4 atom stereocenters. The van der Waals surface area contributed by atoms with Crippen molar-refractivity contribution in [3.05, 3.63) is 29.8 Å². The fraction of sp³-hybridized carbons (Fsp3) is 0.500. The monoisotopic (exact) mass is 273 g/mol. The van der Waals surface area contributed by atoms with E-state index in [1.165, 1.54) is 0 Å². The second kappa shape index (κ2) is 4.93. The van der Waals surface area contributed by atoms with Gasteiger partial charge < -0.3 is 10.4 Å². The van der Waals surface area contributed by atoms with Crippen LogP contribution in [-0.4, -0.2) is 17.0 Å². The summed E-state index contributed by atoms with van der Waals surface area (Å²) in [6.07, 6.45) is 2.83. The summed E-state index contributed by atoms with van der Waals surface area (Å²) in [5.41, 5.74) is 1.83. The van der Waals surface area contributed by atoms with Crippen LogP contribution in [0.4, 0.5) is 5.69 Å². The summed E-state index contributed by atoms with van der Waals surface area (Å²) in [4.78, 5) is 23.9. The van der Waals surface area contributed by atoms with E-state index in [2.05, 4.69) is 5.32 Å². The lowest BCUT2D eigenvalue weighted by Gasteiger charge is -2.27. The first-order valence-electron chi connectivity index (χ1n) is 7.16. The molecule has 0 unspecified atom stereocenters. The number of nitrogens with one attached hydrogen (secondary N) is 1. The largest absolute Gasteiger partial charge is 0.481 e. The number of rotatable bonds is 3. The standard InChI is InChI=1S/C16H19NO3/c1-9-3-2-4-12(7-9)17-15(18)13-10-5-6-11(8-10)14(13)16(19)20/h2-4,7,10-11,13-14H,5-6,8H2,1H3,(H,17,18)(H,19,20)/t10-,11+,13-,14+/m1/s1. The molecule has 1 amide bonds. The van der Waals surface area contributed by atoms with Crippen LogP contribution >= 0.6 is 0 Å². The van der Waals surface area contributed by atoms with E-state index < -0.39 is 11.9 Å². The zero-order valence-corrected chi connectivity index (χ0v) is 11.5. The van der Waals surface area contributed by atoms with E-state index in [1.807, 2.05) is 31.2 Å². The number of aryl methyl sites for hydroxylation is 1. The number of benzene rings is 1. The Morgan fingerprint density at radius 1 is 1.20 bits per heavy atom. The van der Waals surface area contributed by atoms with Crippen molar-refractivity contribution >= 4 is 17.6 Å². The Balaban J connectivity index is 1.78. The number of fused-ring (bicyclic) bond motifs is 2. The highest BCUT2D eigenvalue weighted by Crippen LogP contribution is 2.52. The Morgan fingerprint density at radius 2 is 1.90 bits per heavy atom. The Bertz CT molecular complexity index is 554. The molecular formula is C16H19NO3. The number of amides is 1. The van der Waals surface area contributed by atoms with Gasteiger partial charge in [0.1, 0.15) is 0 Å². The van der Waals surface area contributed by atoms with E-state index in [0.717, 1.165) is 30.5 Å². The molecule has 2 aliphatic carbocycles. The maximum absolute atomic E-state index is 12.5. The second-order valence-corrected chi connectivity index (χ2v) is 6.08. The van der Waals surface area contributed by atoms with Crippen molar-refractivity contribution in [2.45, 2.75) is 26.2 Å². The summed E-state index contributed by atoms with van der Waals surface area (Å²) in [5.74, 6) is -1.39. The zero-order valence-electron chi connectivity index (χ0n) is 11.5. The first kappa shape index (κ1) is 13.2. The molecule has 0 saturated heterocycles. The third-order valence-electron chi connectivity index (χ3n) is 4.79. The number of hydrogen-bond acceptors (Lipinski definition) is 2. The summed E-state index contributed by atoms with van der Waals surface area (Å²) in [5, 5.41) is 12.3. The smallest absolute Gasteiger partial charge is 0.307 e. The molecule has 4 nitrogen and oxygen atoms in total. The highest BCUT2D eigenvalue weighted by molar-refractivity contribution is 5.96. The molecule has 0 heterocycles. The summed E-state index contributed by atoms with van der Waals surface area (Å²) in [6, 6.07) is 7.60. The van der Waals surface area contributed by atoms with Crippen LogP contribution in [0.5, 0.6) is 0 Å². The molecule has 2 bridgehead atoms. The van der Waals surface area contributed by atoms with Gasteiger partial charge in [-0.3, -0.25) is 9.59 Å². The number of hydrogen-bond donors (Lipinski definition) is 2. The molecule has 1 aromatic carbocycles. The highest BCUT2D eigenvalue weighted by Gasteiger charge is 2.53. The molecule has 106 valence electrons. The Kier molecular flexibility index (Phi) is 3.24. The van der Waals surface area contributed by atoms with Crippen molar-refractivity contribution in [2.24, 2.45) is 23.7 Å². The Hall–Kier alpha value is -1.84. The van der Waals surface area contributed by atoms with Crippen LogP contribution in [-0.2, 0) is 9.59 Å². The maximum atomic E-state index is 12.5. The zero-order chi connectivity index (χ0) is 14.3. The van der Waals surface area contributed by atoms with E-state index in [1.54, 1.807) is 0 Å². The van der Waals surface area contributed by atoms with Gasteiger partial charge in [0.2, 0.25) is 5.91 Å². The van der Waals surface area contributed by atoms with Gasteiger partial charge in [-0.2, -0.15) is 0 Å². The summed E-state index contributed by atoms with van der Waals surface area (Å²) < 4.78 is 0. The summed E-state index contributed by atoms with van der Waals surface area (Å²) in [7, 11) is 0. The minimum Gasteiger partial charge on any atom is -0.481 e. The normalized spacial score (nSPS) is 31.2. The lowest BCUT2D eigenvalue weighted by atomic mass is 9.78. The van der Waals surface area contributed by atoms with Crippen molar-refractivity contribution in [3.8, 4) is 0 Å². The lowest BCUT2D eigenvalue weighted by molar-refractivity contribution is -0.148. The number of aliphatic carboxylic acids is 1. The number of carbonyl (C=O) groups excluding carboxylic acids is 1. The molecule has 2 aliphatic rings. The van der Waals surface area contributed by atoms with E-state index in [0.29, 0.717) is 0 Å². The molecule has 20 heavy (non-hydrogen) atoms. The highest BCUT2D eigenvalue weighted by atomic mass is 16.4. The SMILES string of the molecule is Cc1cccc(NC(=O)[C@@H]2[C@@H]3CC[C@@H](C3)[C@@H]2C(=O)O)c1. The van der Waals surface area contributed by atoms with E-state index in [4.69, 9.17) is 0 Å². The van der Waals surface area contributed by atoms with Gasteiger partial charge in [-0.25, -0.2) is 0 Å². The van der Waals surface area contributed by atoms with Crippen molar-refractivity contribution in [3.63, 3.8) is 0 Å². The molecule has 0 aromatic heterocycles. The van der Waals surface area contributed by atoms with Gasteiger partial charge in [-0.1, -0.05) is 12.1 Å². The number of carbonyl (C=O) groups is 2. The molecule has 0 spiro atoms. The predicted molar refractivity (Wildman–Crippen MR) is 75.3 cm³/mol. The lowest BCUT2D eigenvalue weighted by Crippen LogP contribution is -2.37. The summed E-state index contributed by atoms with van der Waals surface area (Å²) >= 11 is 0. The first-order valence-corrected chi connectivity index (χ1v) is 7.16. The van der Waals surface area contributed by atoms with Crippen LogP contribution in [0, 0.1) is 30.6 Å². The Labute approximate surface area is 118 Å². The molecule has 2 N–H and O–H groups in total. The van der Waals surface area contributed by atoms with Crippen molar-refractivity contribution in [1.82, 2.24) is 0 Å². The number of anilines is 1. The minimum atomic E-state index is -0.818. The molecule has 1 aromatic rings. The van der Waals surface area contributed by atoms with Crippen LogP contribution in [0.2, 0.25) is 0 Å². The molecule has 2 saturated carbocycles. The minimum absolute atomic E-state index is 0.129. The fourth-order valence-corrected chi connectivity index (χ4v) is 3.97. The fourth-order valence-electron chi connectivity index (χ4n) is 3.97. The molecule has 4 heteroatoms. The number of carboxylic acid groups (broad SMARTS) is 1. The third-order valence-corrected chi connectivity index (χ3v) is 4.79. The van der Waals surface area contributed by atoms with Crippen molar-refractivity contribution in [2.75, 3.05) is 5.32 Å². The average Bonchev–Trinajstić information content (AvgIpc) is 2.98. The van der Waals surface area contributed by atoms with Gasteiger partial charge >= 0.3 is 5.97 Å². The van der Waals surface area contributed by atoms with Gasteiger partial charge in [0.25, 0.3) is 0 Å². The van der Waals surface area contributed by atoms with Gasteiger partial charge in [-0.15, -0.1) is 0 Å². The van der Waals surface area contributed by atoms with E-state index in [-0.39, 0.29) is 23.7 Å². The number of carboxylic acids is 1. The maximum Gasteiger partial charge on any atom is 0.307 e. The predicted octanol–water partition coefficient (Wildman–Crippen LogP) is 2.68. The van der Waals surface area contributed by atoms with Crippen LogP contribution in [0.25, 0.3) is 0 Å². The topological polar surface area (TPSA) is 66.4 Å². The van der Waals surface area contributed by atoms with Crippen LogP contribution in [0.1, 0.15) is 24.8 Å². The summed E-state index contributed by atoms with van der Waals surface area (Å²) in [6.45, 7) is 1.97. The van der Waals surface area contributed by atoms with E-state index >= 15 is 0 Å². The van der Waals surface area contributed by atoms with Crippen LogP contribution in [0.3, 0.4) is 0 Å². The van der Waals surface area contributed by atoms with Gasteiger partial charge in [0.05, 0.1) is 11.8 Å². The van der Waals surface area contributed by atoms with E-state index in [9.17, 15) is 14.7 Å². The van der Waals surface area contributed by atoms with Crippen molar-refractivity contribution in [1.29, 1.82) is 0 Å². The first-order chi connectivity index (χ1) is 9.56. The molecule has 0 radical (unpaired) electrons. The second-order valence-electron chi connectivity index (χ2n) is 6.08. The molecule has 3 rings (SSSR count). The molecule has 2 fully saturated rings.